The number of aryl methyl sites for hydroxylation is 1. The van der Waals surface area contributed by atoms with Gasteiger partial charge in [-0.3, -0.25) is 0 Å². The lowest BCUT2D eigenvalue weighted by molar-refractivity contribution is 0.419. The summed E-state index contributed by atoms with van der Waals surface area (Å²) in [4.78, 5) is 4.33. The van der Waals surface area contributed by atoms with Crippen LogP contribution in [-0.2, 0) is 0 Å². The number of nitrogens with zero attached hydrogens (tertiary/aromatic N) is 2. The minimum absolute atomic E-state index is 0.299. The second-order valence-electron chi connectivity index (χ2n) is 3.98. The molecule has 0 atom stereocenters. The van der Waals surface area contributed by atoms with Crippen LogP contribution < -0.4 is 0 Å². The van der Waals surface area contributed by atoms with Crippen LogP contribution in [0.1, 0.15) is 31.2 Å². The molecule has 0 aliphatic rings. The van der Waals surface area contributed by atoms with Gasteiger partial charge in [0.1, 0.15) is 0 Å². The highest BCUT2D eigenvalue weighted by Gasteiger charge is 2.10. The minimum Gasteiger partial charge on any atom is -0.334 e. The highest BCUT2D eigenvalue weighted by molar-refractivity contribution is 5.53. The Bertz CT molecular complexity index is 443. The van der Waals surface area contributed by atoms with Crippen LogP contribution in [0.15, 0.2) is 28.8 Å². The average Bonchev–Trinajstić information content (AvgIpc) is 2.68. The van der Waals surface area contributed by atoms with Crippen LogP contribution >= 0.6 is 0 Å². The van der Waals surface area contributed by atoms with Gasteiger partial charge in [-0.25, -0.2) is 0 Å². The molecule has 0 bridgehead atoms. The predicted molar refractivity (Wildman–Crippen MR) is 58.6 cm³/mol. The second-order valence-corrected chi connectivity index (χ2v) is 3.98. The maximum Gasteiger partial charge on any atom is 0.257 e. The molecule has 78 valence electrons. The van der Waals surface area contributed by atoms with E-state index in [4.69, 9.17) is 4.52 Å². The van der Waals surface area contributed by atoms with Gasteiger partial charge >= 0.3 is 0 Å². The summed E-state index contributed by atoms with van der Waals surface area (Å²) in [5, 5.41) is 3.93. The zero-order valence-electron chi connectivity index (χ0n) is 9.19. The number of aromatic nitrogens is 2. The van der Waals surface area contributed by atoms with Crippen molar-refractivity contribution in [1.29, 1.82) is 0 Å². The summed E-state index contributed by atoms with van der Waals surface area (Å²) >= 11 is 0. The van der Waals surface area contributed by atoms with Gasteiger partial charge in [-0.2, -0.15) is 4.98 Å². The zero-order valence-corrected chi connectivity index (χ0v) is 9.19. The molecule has 0 amide bonds. The molecule has 0 saturated heterocycles. The van der Waals surface area contributed by atoms with Gasteiger partial charge in [-0.15, -0.1) is 0 Å². The van der Waals surface area contributed by atoms with E-state index >= 15 is 0 Å². The maximum atomic E-state index is 5.19. The van der Waals surface area contributed by atoms with E-state index in [-0.39, 0.29) is 0 Å². The average molecular weight is 202 g/mol. The number of benzene rings is 1. The van der Waals surface area contributed by atoms with Crippen molar-refractivity contribution < 1.29 is 4.52 Å². The van der Waals surface area contributed by atoms with E-state index in [0.717, 1.165) is 11.4 Å². The van der Waals surface area contributed by atoms with E-state index in [1.165, 1.54) is 5.56 Å². The van der Waals surface area contributed by atoms with Crippen molar-refractivity contribution in [2.24, 2.45) is 0 Å². The van der Waals surface area contributed by atoms with Crippen molar-refractivity contribution in [2.45, 2.75) is 26.7 Å². The molecular formula is C12H14N2O. The van der Waals surface area contributed by atoms with Crippen LogP contribution in [0.4, 0.5) is 0 Å². The standard InChI is InChI=1S/C12H14N2O/c1-8(2)11-13-12(15-14-11)10-6-4-9(3)5-7-10/h4-8H,1-3H3. The summed E-state index contributed by atoms with van der Waals surface area (Å²) in [6.45, 7) is 6.14. The molecule has 15 heavy (non-hydrogen) atoms. The van der Waals surface area contributed by atoms with Crippen LogP contribution in [0.25, 0.3) is 11.5 Å². The first-order chi connectivity index (χ1) is 7.16. The monoisotopic (exact) mass is 202 g/mol. The van der Waals surface area contributed by atoms with E-state index in [0.29, 0.717) is 11.8 Å². The third kappa shape index (κ3) is 2.06. The first kappa shape index (κ1) is 9.90. The molecule has 0 N–H and O–H groups in total. The van der Waals surface area contributed by atoms with E-state index in [1.54, 1.807) is 0 Å². The third-order valence-corrected chi connectivity index (χ3v) is 2.26. The summed E-state index contributed by atoms with van der Waals surface area (Å²) in [5.74, 6) is 1.65. The summed E-state index contributed by atoms with van der Waals surface area (Å²) in [6, 6.07) is 8.06. The normalized spacial score (nSPS) is 10.9. The molecule has 2 rings (SSSR count). The van der Waals surface area contributed by atoms with Crippen molar-refractivity contribution in [3.63, 3.8) is 0 Å². The zero-order chi connectivity index (χ0) is 10.8. The van der Waals surface area contributed by atoms with Crippen molar-refractivity contribution in [3.05, 3.63) is 35.7 Å². The van der Waals surface area contributed by atoms with Gasteiger partial charge in [-0.1, -0.05) is 36.7 Å². The van der Waals surface area contributed by atoms with Crippen LogP contribution in [0.2, 0.25) is 0 Å². The van der Waals surface area contributed by atoms with E-state index in [9.17, 15) is 0 Å². The van der Waals surface area contributed by atoms with Gasteiger partial charge in [-0.05, 0) is 19.1 Å². The fourth-order valence-corrected chi connectivity index (χ4v) is 1.28. The summed E-state index contributed by atoms with van der Waals surface area (Å²) < 4.78 is 5.19. The molecule has 1 aromatic carbocycles. The predicted octanol–water partition coefficient (Wildman–Crippen LogP) is 3.17. The first-order valence-electron chi connectivity index (χ1n) is 5.07. The lowest BCUT2D eigenvalue weighted by Gasteiger charge is -1.95. The Kier molecular flexibility index (Phi) is 2.54. The molecule has 2 aromatic rings. The third-order valence-electron chi connectivity index (χ3n) is 2.26. The number of hydrogen-bond donors (Lipinski definition) is 0. The summed E-state index contributed by atoms with van der Waals surface area (Å²) in [6.07, 6.45) is 0. The molecular weight excluding hydrogens is 188 g/mol. The van der Waals surface area contributed by atoms with Crippen LogP contribution in [0, 0.1) is 6.92 Å². The van der Waals surface area contributed by atoms with E-state index in [1.807, 2.05) is 38.1 Å². The summed E-state index contributed by atoms with van der Waals surface area (Å²) in [5.41, 5.74) is 2.20. The Morgan fingerprint density at radius 1 is 1.13 bits per heavy atom. The maximum absolute atomic E-state index is 5.19. The molecule has 3 heteroatoms. The highest BCUT2D eigenvalue weighted by Crippen LogP contribution is 2.19. The largest absolute Gasteiger partial charge is 0.334 e. The van der Waals surface area contributed by atoms with Crippen molar-refractivity contribution in [2.75, 3.05) is 0 Å². The molecule has 0 saturated carbocycles. The Balaban J connectivity index is 2.33. The van der Waals surface area contributed by atoms with Gasteiger partial charge in [0.25, 0.3) is 5.89 Å². The molecule has 0 fully saturated rings. The molecule has 0 aliphatic heterocycles. The topological polar surface area (TPSA) is 38.9 Å². The molecule has 0 radical (unpaired) electrons. The van der Waals surface area contributed by atoms with Gasteiger partial charge in [0, 0.05) is 11.5 Å². The van der Waals surface area contributed by atoms with Gasteiger partial charge in [0.15, 0.2) is 5.82 Å². The molecule has 3 nitrogen and oxygen atoms in total. The van der Waals surface area contributed by atoms with E-state index < -0.39 is 0 Å². The van der Waals surface area contributed by atoms with Crippen LogP contribution in [0.3, 0.4) is 0 Å². The lowest BCUT2D eigenvalue weighted by atomic mass is 10.1. The Morgan fingerprint density at radius 2 is 1.80 bits per heavy atom. The molecule has 0 spiro atoms. The minimum atomic E-state index is 0.299. The highest BCUT2D eigenvalue weighted by atomic mass is 16.5. The Morgan fingerprint density at radius 3 is 2.33 bits per heavy atom. The van der Waals surface area contributed by atoms with Gasteiger partial charge in [0.2, 0.25) is 0 Å². The van der Waals surface area contributed by atoms with Gasteiger partial charge < -0.3 is 4.52 Å². The van der Waals surface area contributed by atoms with Crippen molar-refractivity contribution in [3.8, 4) is 11.5 Å². The van der Waals surface area contributed by atoms with Crippen LogP contribution in [-0.4, -0.2) is 10.1 Å². The first-order valence-corrected chi connectivity index (χ1v) is 5.07. The molecule has 1 aromatic heterocycles. The van der Waals surface area contributed by atoms with Gasteiger partial charge in [0.05, 0.1) is 0 Å². The van der Waals surface area contributed by atoms with Crippen LogP contribution in [0.5, 0.6) is 0 Å². The van der Waals surface area contributed by atoms with Crippen molar-refractivity contribution in [1.82, 2.24) is 10.1 Å². The van der Waals surface area contributed by atoms with E-state index in [2.05, 4.69) is 17.1 Å². The molecule has 1 heterocycles. The lowest BCUT2D eigenvalue weighted by Crippen LogP contribution is -1.89. The quantitative estimate of drug-likeness (QED) is 0.750. The number of hydrogen-bond acceptors (Lipinski definition) is 3. The number of rotatable bonds is 2. The van der Waals surface area contributed by atoms with Crippen molar-refractivity contribution >= 4 is 0 Å². The smallest absolute Gasteiger partial charge is 0.257 e. The molecule has 0 aliphatic carbocycles. The second kappa shape index (κ2) is 3.85. The Labute approximate surface area is 89.1 Å². The fourth-order valence-electron chi connectivity index (χ4n) is 1.28. The summed E-state index contributed by atoms with van der Waals surface area (Å²) in [7, 11) is 0. The fraction of sp³-hybridized carbons (Fsp3) is 0.333. The molecule has 0 unspecified atom stereocenters. The SMILES string of the molecule is Cc1ccc(-c2nc(C(C)C)no2)cc1. The Hall–Kier alpha value is -1.64.